The van der Waals surface area contributed by atoms with Gasteiger partial charge in [0.15, 0.2) is 0 Å². The number of carbonyl (C=O) groups excluding carboxylic acids is 1. The van der Waals surface area contributed by atoms with Crippen LogP contribution in [0.2, 0.25) is 0 Å². The molecule has 0 radical (unpaired) electrons. The zero-order valence-corrected chi connectivity index (χ0v) is 12.1. The van der Waals surface area contributed by atoms with Crippen LogP contribution in [0.4, 0.5) is 0 Å². The lowest BCUT2D eigenvalue weighted by molar-refractivity contribution is -0.140. The average molecular weight is 287 g/mol. The predicted molar refractivity (Wildman–Crippen MR) is 71.1 cm³/mol. The van der Waals surface area contributed by atoms with Crippen molar-refractivity contribution in [2.24, 2.45) is 5.92 Å². The van der Waals surface area contributed by atoms with Crippen molar-refractivity contribution in [3.63, 3.8) is 0 Å². The second-order valence-corrected chi connectivity index (χ2v) is 8.10. The number of piperazine rings is 1. The Hall–Kier alpha value is -0.660. The van der Waals surface area contributed by atoms with E-state index in [1.165, 1.54) is 4.31 Å². The highest BCUT2D eigenvalue weighted by atomic mass is 32.2. The Kier molecular flexibility index (Phi) is 3.31. The Morgan fingerprint density at radius 1 is 1.05 bits per heavy atom. The van der Waals surface area contributed by atoms with E-state index in [0.717, 1.165) is 39.0 Å². The van der Waals surface area contributed by atoms with Gasteiger partial charge in [0.25, 0.3) is 0 Å². The van der Waals surface area contributed by atoms with E-state index in [-0.39, 0.29) is 17.1 Å². The first-order valence-electron chi connectivity index (χ1n) is 6.95. The van der Waals surface area contributed by atoms with E-state index < -0.39 is 10.0 Å². The molecule has 0 atom stereocenters. The first-order valence-corrected chi connectivity index (χ1v) is 8.45. The molecule has 2 aliphatic heterocycles. The molecule has 0 bridgehead atoms. The van der Waals surface area contributed by atoms with Crippen LogP contribution < -0.4 is 0 Å². The van der Waals surface area contributed by atoms with Gasteiger partial charge in [-0.3, -0.25) is 4.79 Å². The predicted octanol–water partition coefficient (Wildman–Crippen LogP) is -0.816. The molecule has 19 heavy (non-hydrogen) atoms. The first-order chi connectivity index (χ1) is 8.98. The number of sulfonamides is 1. The number of likely N-dealkylation sites (N-methyl/N-ethyl adjacent to an activating group) is 1. The first kappa shape index (κ1) is 13.3. The van der Waals surface area contributed by atoms with Gasteiger partial charge in [-0.15, -0.1) is 0 Å². The highest BCUT2D eigenvalue weighted by Crippen LogP contribution is 2.34. The van der Waals surface area contributed by atoms with Gasteiger partial charge in [-0.05, 0) is 19.9 Å². The molecule has 6 nitrogen and oxygen atoms in total. The van der Waals surface area contributed by atoms with E-state index in [1.54, 1.807) is 0 Å². The van der Waals surface area contributed by atoms with E-state index in [9.17, 15) is 13.2 Å². The van der Waals surface area contributed by atoms with Crippen molar-refractivity contribution in [2.75, 3.05) is 46.3 Å². The molecule has 0 aromatic carbocycles. The monoisotopic (exact) mass is 287 g/mol. The van der Waals surface area contributed by atoms with E-state index in [2.05, 4.69) is 11.9 Å². The summed E-state index contributed by atoms with van der Waals surface area (Å²) >= 11 is 0. The van der Waals surface area contributed by atoms with Gasteiger partial charge in [-0.25, -0.2) is 8.42 Å². The van der Waals surface area contributed by atoms with Crippen LogP contribution in [0.1, 0.15) is 12.8 Å². The summed E-state index contributed by atoms with van der Waals surface area (Å²) in [6, 6.07) is 0. The van der Waals surface area contributed by atoms with Crippen molar-refractivity contribution >= 4 is 15.9 Å². The molecule has 0 aromatic heterocycles. The summed E-state index contributed by atoms with van der Waals surface area (Å²) in [4.78, 5) is 16.3. The highest BCUT2D eigenvalue weighted by molar-refractivity contribution is 7.90. The van der Waals surface area contributed by atoms with Crippen molar-refractivity contribution in [2.45, 2.75) is 18.1 Å². The summed E-state index contributed by atoms with van der Waals surface area (Å²) in [6.07, 6.45) is 1.58. The van der Waals surface area contributed by atoms with Gasteiger partial charge in [-0.2, -0.15) is 4.31 Å². The Bertz CT molecular complexity index is 461. The van der Waals surface area contributed by atoms with Crippen LogP contribution >= 0.6 is 0 Å². The summed E-state index contributed by atoms with van der Waals surface area (Å²) in [5.74, 6) is 0.0206. The minimum Gasteiger partial charge on any atom is -0.340 e. The SMILES string of the molecule is CN1CCN(C(=O)C2CN(S(=O)(=O)C3CC3)C2)CC1. The molecular weight excluding hydrogens is 266 g/mol. The summed E-state index contributed by atoms with van der Waals surface area (Å²) in [5, 5.41) is -0.160. The number of rotatable bonds is 3. The minimum atomic E-state index is -3.08. The van der Waals surface area contributed by atoms with Crippen molar-refractivity contribution in [1.82, 2.24) is 14.1 Å². The number of hydrogen-bond acceptors (Lipinski definition) is 4. The maximum absolute atomic E-state index is 12.2. The van der Waals surface area contributed by atoms with E-state index in [4.69, 9.17) is 0 Å². The summed E-state index contributed by atoms with van der Waals surface area (Å²) in [7, 11) is -1.03. The topological polar surface area (TPSA) is 60.9 Å². The van der Waals surface area contributed by atoms with Gasteiger partial charge in [0.05, 0.1) is 11.2 Å². The third-order valence-corrected chi connectivity index (χ3v) is 6.65. The van der Waals surface area contributed by atoms with Crippen LogP contribution in [0.25, 0.3) is 0 Å². The van der Waals surface area contributed by atoms with Gasteiger partial charge in [0.1, 0.15) is 0 Å². The molecule has 1 aliphatic carbocycles. The molecule has 0 unspecified atom stereocenters. The van der Waals surface area contributed by atoms with Gasteiger partial charge < -0.3 is 9.80 Å². The second kappa shape index (κ2) is 4.71. The molecule has 2 heterocycles. The van der Waals surface area contributed by atoms with Gasteiger partial charge in [0.2, 0.25) is 15.9 Å². The number of hydrogen-bond donors (Lipinski definition) is 0. The fourth-order valence-electron chi connectivity index (χ4n) is 2.66. The lowest BCUT2D eigenvalue weighted by atomic mass is 10.0. The molecule has 2 saturated heterocycles. The summed E-state index contributed by atoms with van der Waals surface area (Å²) in [5.41, 5.74) is 0. The molecule has 1 amide bonds. The third kappa shape index (κ3) is 2.51. The molecule has 0 aromatic rings. The van der Waals surface area contributed by atoms with Crippen LogP contribution in [-0.4, -0.2) is 80.0 Å². The van der Waals surface area contributed by atoms with Gasteiger partial charge in [0, 0.05) is 39.3 Å². The quantitative estimate of drug-likeness (QED) is 0.681. The molecule has 0 N–H and O–H groups in total. The lowest BCUT2D eigenvalue weighted by Gasteiger charge is -2.41. The fraction of sp³-hybridized carbons (Fsp3) is 0.917. The zero-order chi connectivity index (χ0) is 13.6. The summed E-state index contributed by atoms with van der Waals surface area (Å²) in [6.45, 7) is 4.13. The van der Waals surface area contributed by atoms with Crippen molar-refractivity contribution in [3.8, 4) is 0 Å². The van der Waals surface area contributed by atoms with Crippen molar-refractivity contribution in [3.05, 3.63) is 0 Å². The molecule has 3 aliphatic rings. The Morgan fingerprint density at radius 2 is 1.63 bits per heavy atom. The van der Waals surface area contributed by atoms with Gasteiger partial charge >= 0.3 is 0 Å². The number of carbonyl (C=O) groups is 1. The van der Waals surface area contributed by atoms with E-state index in [0.29, 0.717) is 13.1 Å². The lowest BCUT2D eigenvalue weighted by Crippen LogP contribution is -2.59. The smallest absolute Gasteiger partial charge is 0.228 e. The van der Waals surface area contributed by atoms with Crippen LogP contribution in [0.3, 0.4) is 0 Å². The highest BCUT2D eigenvalue weighted by Gasteiger charge is 2.47. The fourth-order valence-corrected chi connectivity index (χ4v) is 4.59. The van der Waals surface area contributed by atoms with Crippen LogP contribution in [0.15, 0.2) is 0 Å². The van der Waals surface area contributed by atoms with Gasteiger partial charge in [-0.1, -0.05) is 0 Å². The molecule has 7 heteroatoms. The average Bonchev–Trinajstić information content (AvgIpc) is 3.11. The zero-order valence-electron chi connectivity index (χ0n) is 11.3. The number of nitrogens with zero attached hydrogens (tertiary/aromatic N) is 3. The maximum Gasteiger partial charge on any atom is 0.228 e. The molecule has 0 spiro atoms. The Labute approximate surface area is 114 Å². The molecule has 3 fully saturated rings. The number of amides is 1. The largest absolute Gasteiger partial charge is 0.340 e. The Morgan fingerprint density at radius 3 is 2.16 bits per heavy atom. The van der Waals surface area contributed by atoms with Crippen LogP contribution in [0.5, 0.6) is 0 Å². The molecule has 3 rings (SSSR count). The minimum absolute atomic E-state index is 0.114. The van der Waals surface area contributed by atoms with Crippen LogP contribution in [-0.2, 0) is 14.8 Å². The van der Waals surface area contributed by atoms with E-state index in [1.807, 2.05) is 4.90 Å². The standard InChI is InChI=1S/C12H21N3O3S/c1-13-4-6-14(7-5-13)12(16)10-8-15(9-10)19(17,18)11-2-3-11/h10-11H,2-9H2,1H3. The van der Waals surface area contributed by atoms with Crippen LogP contribution in [0, 0.1) is 5.92 Å². The second-order valence-electron chi connectivity index (χ2n) is 5.89. The normalized spacial score (nSPS) is 27.3. The summed E-state index contributed by atoms with van der Waals surface area (Å²) < 4.78 is 25.4. The molecule has 108 valence electrons. The Balaban J connectivity index is 1.51. The molecular formula is C12H21N3O3S. The van der Waals surface area contributed by atoms with Crippen molar-refractivity contribution < 1.29 is 13.2 Å². The van der Waals surface area contributed by atoms with E-state index >= 15 is 0 Å². The maximum atomic E-state index is 12.2. The third-order valence-electron chi connectivity index (χ3n) is 4.32. The van der Waals surface area contributed by atoms with Crippen molar-refractivity contribution in [1.29, 1.82) is 0 Å². The molecule has 1 saturated carbocycles.